The summed E-state index contributed by atoms with van der Waals surface area (Å²) in [6.07, 6.45) is -4.36. The molecule has 150 valence electrons. The van der Waals surface area contributed by atoms with E-state index in [0.29, 0.717) is 6.07 Å². The molecule has 0 aliphatic carbocycles. The summed E-state index contributed by atoms with van der Waals surface area (Å²) in [5.74, 6) is -2.62. The number of aliphatic hydroxyl groups excluding tert-OH is 2. The molecule has 0 spiro atoms. The second-order valence-corrected chi connectivity index (χ2v) is 5.87. The van der Waals surface area contributed by atoms with E-state index in [9.17, 15) is 33.9 Å². The minimum absolute atomic E-state index is 0.0440. The van der Waals surface area contributed by atoms with E-state index in [1.54, 1.807) is 24.3 Å². The first-order valence-corrected chi connectivity index (χ1v) is 8.23. The Morgan fingerprint density at radius 2 is 1.86 bits per heavy atom. The number of ether oxygens (including phenoxy) is 1. The molecule has 2 aromatic rings. The van der Waals surface area contributed by atoms with E-state index in [1.165, 1.54) is 0 Å². The number of amides is 1. The number of nitro groups is 1. The fourth-order valence-corrected chi connectivity index (χ4v) is 2.38. The largest absolute Gasteiger partial charge is 0.445 e. The molecular weight excluding hydrogens is 378 g/mol. The van der Waals surface area contributed by atoms with E-state index in [-0.39, 0.29) is 25.6 Å². The van der Waals surface area contributed by atoms with Crippen molar-refractivity contribution in [2.45, 2.75) is 25.2 Å². The Morgan fingerprint density at radius 3 is 2.50 bits per heavy atom. The highest BCUT2D eigenvalue weighted by molar-refractivity contribution is 5.67. The molecule has 0 saturated heterocycles. The molecule has 0 bridgehead atoms. The van der Waals surface area contributed by atoms with Crippen LogP contribution in [0.2, 0.25) is 0 Å². The average Bonchev–Trinajstić information content (AvgIpc) is 2.66. The summed E-state index contributed by atoms with van der Waals surface area (Å²) in [4.78, 5) is 21.3. The molecule has 0 aromatic heterocycles. The Bertz CT molecular complexity index is 834. The lowest BCUT2D eigenvalue weighted by Crippen LogP contribution is -2.30. The Kier molecular flexibility index (Phi) is 7.36. The van der Waals surface area contributed by atoms with Crippen LogP contribution in [0.4, 0.5) is 19.3 Å². The van der Waals surface area contributed by atoms with Gasteiger partial charge in [0.25, 0.3) is 0 Å². The third kappa shape index (κ3) is 5.69. The summed E-state index contributed by atoms with van der Waals surface area (Å²) in [5, 5.41) is 33.0. The van der Waals surface area contributed by atoms with Gasteiger partial charge in [0.15, 0.2) is 0 Å². The number of hydrogen-bond donors (Lipinski definition) is 3. The smallest absolute Gasteiger partial charge is 0.407 e. The van der Waals surface area contributed by atoms with Crippen LogP contribution in [0.3, 0.4) is 0 Å². The van der Waals surface area contributed by atoms with Crippen molar-refractivity contribution in [3.8, 4) is 0 Å². The molecule has 8 nitrogen and oxygen atoms in total. The molecular formula is C18H18F2N2O6. The van der Waals surface area contributed by atoms with Crippen molar-refractivity contribution in [3.05, 3.63) is 75.3 Å². The normalized spacial score (nSPS) is 12.9. The van der Waals surface area contributed by atoms with Crippen LogP contribution in [0.5, 0.6) is 0 Å². The summed E-state index contributed by atoms with van der Waals surface area (Å²) in [5.41, 5.74) is -0.862. The lowest BCUT2D eigenvalue weighted by molar-refractivity contribution is -0.387. The first kappa shape index (κ1) is 21.2. The van der Waals surface area contributed by atoms with Gasteiger partial charge < -0.3 is 20.3 Å². The number of nitrogens with one attached hydrogen (secondary N) is 1. The zero-order valence-corrected chi connectivity index (χ0v) is 14.5. The maximum atomic E-state index is 13.8. The molecule has 2 atom stereocenters. The van der Waals surface area contributed by atoms with Gasteiger partial charge in [-0.15, -0.1) is 0 Å². The van der Waals surface area contributed by atoms with Gasteiger partial charge in [0.1, 0.15) is 18.5 Å². The lowest BCUT2D eigenvalue weighted by Gasteiger charge is -2.19. The minimum atomic E-state index is -1.85. The van der Waals surface area contributed by atoms with Crippen LogP contribution in [0.25, 0.3) is 0 Å². The van der Waals surface area contributed by atoms with E-state index >= 15 is 0 Å². The highest BCUT2D eigenvalue weighted by Crippen LogP contribution is 2.28. The molecule has 2 rings (SSSR count). The topological polar surface area (TPSA) is 122 Å². The maximum absolute atomic E-state index is 13.8. The molecule has 0 fully saturated rings. The van der Waals surface area contributed by atoms with Crippen LogP contribution in [0, 0.1) is 21.7 Å². The van der Waals surface area contributed by atoms with Gasteiger partial charge in [0.05, 0.1) is 11.0 Å². The van der Waals surface area contributed by atoms with Crippen LogP contribution in [-0.4, -0.2) is 33.9 Å². The molecule has 0 saturated carbocycles. The van der Waals surface area contributed by atoms with E-state index in [4.69, 9.17) is 4.74 Å². The van der Waals surface area contributed by atoms with Crippen LogP contribution in [0.1, 0.15) is 23.7 Å². The van der Waals surface area contributed by atoms with Gasteiger partial charge in [-0.25, -0.2) is 9.18 Å². The average molecular weight is 396 g/mol. The van der Waals surface area contributed by atoms with Crippen molar-refractivity contribution in [2.75, 3.05) is 6.54 Å². The number of rotatable bonds is 8. The first-order chi connectivity index (χ1) is 13.3. The Balaban J connectivity index is 1.85. The van der Waals surface area contributed by atoms with Crippen molar-refractivity contribution >= 4 is 11.8 Å². The van der Waals surface area contributed by atoms with Crippen molar-refractivity contribution < 1.29 is 33.4 Å². The van der Waals surface area contributed by atoms with Crippen LogP contribution in [0.15, 0.2) is 42.5 Å². The quantitative estimate of drug-likeness (QED) is 0.466. The predicted molar refractivity (Wildman–Crippen MR) is 93.2 cm³/mol. The van der Waals surface area contributed by atoms with Gasteiger partial charge in [0.2, 0.25) is 5.82 Å². The van der Waals surface area contributed by atoms with Crippen molar-refractivity contribution in [1.82, 2.24) is 5.32 Å². The molecule has 0 heterocycles. The zero-order chi connectivity index (χ0) is 20.7. The second-order valence-electron chi connectivity index (χ2n) is 5.87. The number of aliphatic hydroxyl groups is 2. The minimum Gasteiger partial charge on any atom is -0.445 e. The molecule has 2 unspecified atom stereocenters. The number of carbonyl (C=O) groups excluding carboxylic acids is 1. The third-order valence-electron chi connectivity index (χ3n) is 3.87. The summed E-state index contributed by atoms with van der Waals surface area (Å²) in [6.45, 7) is -0.0704. The molecule has 0 aliphatic rings. The number of nitro benzene ring substituents is 1. The highest BCUT2D eigenvalue weighted by Gasteiger charge is 2.26. The number of carbonyl (C=O) groups is 1. The number of nitrogens with zero attached hydrogens (tertiary/aromatic N) is 1. The Hall–Kier alpha value is -3.11. The second kappa shape index (κ2) is 9.72. The first-order valence-electron chi connectivity index (χ1n) is 8.23. The fourth-order valence-electron chi connectivity index (χ4n) is 2.38. The molecule has 3 N–H and O–H groups in total. The van der Waals surface area contributed by atoms with Gasteiger partial charge in [-0.3, -0.25) is 10.1 Å². The molecule has 1 amide bonds. The molecule has 2 aromatic carbocycles. The van der Waals surface area contributed by atoms with Gasteiger partial charge in [-0.05, 0) is 12.0 Å². The standard InChI is InChI=1S/C18H18F2N2O6/c19-13-9-14(20)15(22(26)27)8-12(13)17(24)16(23)6-7-21-18(25)28-10-11-4-2-1-3-5-11/h1-5,8-9,16-17,23-24H,6-7,10H2,(H,21,25). The monoisotopic (exact) mass is 396 g/mol. The molecule has 0 radical (unpaired) electrons. The number of halogens is 2. The van der Waals surface area contributed by atoms with Crippen LogP contribution in [-0.2, 0) is 11.3 Å². The van der Waals surface area contributed by atoms with Gasteiger partial charge in [-0.2, -0.15) is 4.39 Å². The van der Waals surface area contributed by atoms with E-state index in [2.05, 4.69) is 5.32 Å². The van der Waals surface area contributed by atoms with Crippen molar-refractivity contribution in [3.63, 3.8) is 0 Å². The number of benzene rings is 2. The number of alkyl carbamates (subject to hydrolysis) is 1. The van der Waals surface area contributed by atoms with Crippen molar-refractivity contribution in [2.24, 2.45) is 0 Å². The summed E-state index contributed by atoms with van der Waals surface area (Å²) < 4.78 is 32.1. The van der Waals surface area contributed by atoms with E-state index in [1.807, 2.05) is 6.07 Å². The van der Waals surface area contributed by atoms with Gasteiger partial charge >= 0.3 is 11.8 Å². The Morgan fingerprint density at radius 1 is 1.18 bits per heavy atom. The summed E-state index contributed by atoms with van der Waals surface area (Å²) >= 11 is 0. The van der Waals surface area contributed by atoms with Gasteiger partial charge in [0, 0.05) is 24.2 Å². The molecule has 10 heteroatoms. The van der Waals surface area contributed by atoms with Gasteiger partial charge in [-0.1, -0.05) is 30.3 Å². The SMILES string of the molecule is O=C(NCCC(O)C(O)c1cc([N+](=O)[O-])c(F)cc1F)OCc1ccccc1. The zero-order valence-electron chi connectivity index (χ0n) is 14.5. The highest BCUT2D eigenvalue weighted by atomic mass is 19.1. The van der Waals surface area contributed by atoms with Crippen LogP contribution >= 0.6 is 0 Å². The van der Waals surface area contributed by atoms with Crippen LogP contribution < -0.4 is 5.32 Å². The number of hydrogen-bond acceptors (Lipinski definition) is 6. The lowest BCUT2D eigenvalue weighted by atomic mass is 10.0. The molecule has 28 heavy (non-hydrogen) atoms. The summed E-state index contributed by atoms with van der Waals surface area (Å²) in [6, 6.07) is 9.71. The van der Waals surface area contributed by atoms with E-state index in [0.717, 1.165) is 5.56 Å². The third-order valence-corrected chi connectivity index (χ3v) is 3.87. The van der Waals surface area contributed by atoms with Crippen molar-refractivity contribution in [1.29, 1.82) is 0 Å². The predicted octanol–water partition coefficient (Wildman–Crippen LogP) is 2.58. The van der Waals surface area contributed by atoms with E-state index < -0.39 is 46.1 Å². The Labute approximate surface area is 158 Å². The maximum Gasteiger partial charge on any atom is 0.407 e. The molecule has 0 aliphatic heterocycles. The fraction of sp³-hybridized carbons (Fsp3) is 0.278. The summed E-state index contributed by atoms with van der Waals surface area (Å²) in [7, 11) is 0.